The summed E-state index contributed by atoms with van der Waals surface area (Å²) in [6, 6.07) is 2.75. The molecule has 8 nitrogen and oxygen atoms in total. The van der Waals surface area contributed by atoms with E-state index in [0.717, 1.165) is 15.8 Å². The lowest BCUT2D eigenvalue weighted by Crippen LogP contribution is -1.95. The maximum absolute atomic E-state index is 10.5. The number of aromatic nitrogens is 2. The third kappa shape index (κ3) is 2.53. The van der Waals surface area contributed by atoms with Gasteiger partial charge in [0.1, 0.15) is 16.1 Å². The Labute approximate surface area is 128 Å². The van der Waals surface area contributed by atoms with Crippen molar-refractivity contribution in [2.24, 2.45) is 5.10 Å². The maximum atomic E-state index is 10.5. The number of rotatable bonds is 4. The summed E-state index contributed by atoms with van der Waals surface area (Å²) in [4.78, 5) is 20.4. The van der Waals surface area contributed by atoms with Gasteiger partial charge in [0.05, 0.1) is 17.7 Å². The van der Waals surface area contributed by atoms with E-state index >= 15 is 0 Å². The average Bonchev–Trinajstić information content (AvgIpc) is 3.06. The number of thiophene rings is 1. The van der Waals surface area contributed by atoms with E-state index in [0.29, 0.717) is 5.82 Å². The first-order chi connectivity index (χ1) is 10.6. The molecule has 0 atom stereocenters. The predicted molar refractivity (Wildman–Crippen MR) is 83.5 cm³/mol. The smallest absolute Gasteiger partial charge is 0.400 e. The van der Waals surface area contributed by atoms with Gasteiger partial charge in [-0.1, -0.05) is 0 Å². The van der Waals surface area contributed by atoms with Crippen LogP contribution in [0.25, 0.3) is 10.2 Å². The topological polar surface area (TPSA) is 106 Å². The van der Waals surface area contributed by atoms with Gasteiger partial charge in [0.25, 0.3) is 0 Å². The molecule has 0 aliphatic carbocycles. The van der Waals surface area contributed by atoms with Crippen molar-refractivity contribution in [3.63, 3.8) is 0 Å². The van der Waals surface area contributed by atoms with Crippen molar-refractivity contribution < 1.29 is 9.34 Å². The van der Waals surface area contributed by atoms with E-state index in [4.69, 9.17) is 4.42 Å². The molecule has 3 heterocycles. The second-order valence-corrected chi connectivity index (χ2v) is 5.69. The number of nitrogens with one attached hydrogen (secondary N) is 1. The number of nitrogens with zero attached hydrogens (tertiary/aromatic N) is 4. The van der Waals surface area contributed by atoms with Gasteiger partial charge in [0.15, 0.2) is 11.6 Å². The largest absolute Gasteiger partial charge is 0.433 e. The number of anilines is 1. The normalized spacial score (nSPS) is 11.4. The van der Waals surface area contributed by atoms with Gasteiger partial charge in [0, 0.05) is 4.88 Å². The summed E-state index contributed by atoms with van der Waals surface area (Å²) >= 11 is 1.59. The van der Waals surface area contributed by atoms with E-state index in [9.17, 15) is 10.1 Å². The van der Waals surface area contributed by atoms with Crippen LogP contribution in [-0.2, 0) is 0 Å². The molecule has 0 aromatic carbocycles. The molecule has 0 saturated carbocycles. The van der Waals surface area contributed by atoms with Crippen molar-refractivity contribution in [2.45, 2.75) is 13.8 Å². The Morgan fingerprint density at radius 3 is 2.95 bits per heavy atom. The van der Waals surface area contributed by atoms with E-state index < -0.39 is 4.92 Å². The van der Waals surface area contributed by atoms with E-state index in [1.807, 2.05) is 13.8 Å². The summed E-state index contributed by atoms with van der Waals surface area (Å²) in [6.07, 6.45) is 2.82. The summed E-state index contributed by atoms with van der Waals surface area (Å²) in [7, 11) is 0. The number of fused-ring (bicyclic) bond motifs is 1. The zero-order valence-corrected chi connectivity index (χ0v) is 12.5. The molecule has 0 saturated heterocycles. The quantitative estimate of drug-likeness (QED) is 0.449. The van der Waals surface area contributed by atoms with Crippen LogP contribution >= 0.6 is 11.3 Å². The molecular weight excluding hydrogens is 306 g/mol. The van der Waals surface area contributed by atoms with Crippen LogP contribution in [0.2, 0.25) is 0 Å². The van der Waals surface area contributed by atoms with Crippen molar-refractivity contribution in [2.75, 3.05) is 5.43 Å². The molecule has 3 aromatic rings. The van der Waals surface area contributed by atoms with Crippen LogP contribution < -0.4 is 5.43 Å². The van der Waals surface area contributed by atoms with Crippen molar-refractivity contribution in [3.8, 4) is 0 Å². The highest BCUT2D eigenvalue weighted by Crippen LogP contribution is 2.32. The zero-order chi connectivity index (χ0) is 15.7. The van der Waals surface area contributed by atoms with Crippen LogP contribution in [0.4, 0.5) is 11.7 Å². The fraction of sp³-hybridized carbons (Fsp3) is 0.154. The Morgan fingerprint density at radius 1 is 1.41 bits per heavy atom. The number of aryl methyl sites for hydroxylation is 2. The highest BCUT2D eigenvalue weighted by atomic mass is 32.1. The molecule has 0 bridgehead atoms. The van der Waals surface area contributed by atoms with Gasteiger partial charge in [-0.15, -0.1) is 11.3 Å². The molecule has 112 valence electrons. The van der Waals surface area contributed by atoms with Gasteiger partial charge >= 0.3 is 5.88 Å². The van der Waals surface area contributed by atoms with Crippen LogP contribution in [0.1, 0.15) is 16.2 Å². The number of hydrogen-bond donors (Lipinski definition) is 1. The van der Waals surface area contributed by atoms with Crippen molar-refractivity contribution >= 4 is 39.5 Å². The van der Waals surface area contributed by atoms with E-state index in [1.54, 1.807) is 11.3 Å². The zero-order valence-electron chi connectivity index (χ0n) is 11.7. The van der Waals surface area contributed by atoms with Crippen molar-refractivity contribution in [3.05, 3.63) is 44.8 Å². The van der Waals surface area contributed by atoms with E-state index in [1.165, 1.54) is 29.6 Å². The molecule has 0 unspecified atom stereocenters. The molecule has 3 aromatic heterocycles. The van der Waals surface area contributed by atoms with Crippen LogP contribution in [0.3, 0.4) is 0 Å². The third-order valence-electron chi connectivity index (χ3n) is 3.12. The first-order valence-corrected chi connectivity index (χ1v) is 7.12. The molecule has 0 fully saturated rings. The van der Waals surface area contributed by atoms with Crippen LogP contribution in [0.15, 0.2) is 28.0 Å². The summed E-state index contributed by atoms with van der Waals surface area (Å²) in [6.45, 7) is 4.03. The fourth-order valence-electron chi connectivity index (χ4n) is 1.93. The molecule has 0 amide bonds. The highest BCUT2D eigenvalue weighted by molar-refractivity contribution is 7.18. The molecule has 0 aliphatic rings. The first-order valence-electron chi connectivity index (χ1n) is 6.30. The van der Waals surface area contributed by atoms with Gasteiger partial charge in [-0.2, -0.15) is 5.10 Å². The minimum Gasteiger partial charge on any atom is -0.400 e. The molecule has 1 N–H and O–H groups in total. The number of hydrogen-bond acceptors (Lipinski definition) is 8. The third-order valence-corrected chi connectivity index (χ3v) is 4.24. The maximum Gasteiger partial charge on any atom is 0.433 e. The second-order valence-electron chi connectivity index (χ2n) is 4.49. The molecule has 22 heavy (non-hydrogen) atoms. The van der Waals surface area contributed by atoms with Gasteiger partial charge in [0.2, 0.25) is 0 Å². The van der Waals surface area contributed by atoms with Gasteiger partial charge < -0.3 is 4.42 Å². The highest BCUT2D eigenvalue weighted by Gasteiger charge is 2.12. The van der Waals surface area contributed by atoms with Crippen LogP contribution in [0.5, 0.6) is 0 Å². The predicted octanol–water partition coefficient (Wildman–Crippen LogP) is 3.26. The minimum absolute atomic E-state index is 0.280. The Hall–Kier alpha value is -2.81. The number of hydrazone groups is 1. The van der Waals surface area contributed by atoms with Gasteiger partial charge in [-0.25, -0.2) is 9.97 Å². The van der Waals surface area contributed by atoms with E-state index in [-0.39, 0.29) is 11.6 Å². The summed E-state index contributed by atoms with van der Waals surface area (Å²) in [5.74, 6) is 0.544. The van der Waals surface area contributed by atoms with Gasteiger partial charge in [-0.3, -0.25) is 15.5 Å². The molecular formula is C13H11N5O3S. The minimum atomic E-state index is -0.601. The molecule has 0 spiro atoms. The van der Waals surface area contributed by atoms with Gasteiger partial charge in [-0.05, 0) is 25.5 Å². The second kappa shape index (κ2) is 5.53. The SMILES string of the molecule is Cc1sc2ncnc(NN=Cc3ccc([N+](=O)[O-])o3)c2c1C. The number of furan rings is 1. The van der Waals surface area contributed by atoms with Crippen molar-refractivity contribution in [1.82, 2.24) is 9.97 Å². The lowest BCUT2D eigenvalue weighted by molar-refractivity contribution is -0.402. The molecule has 0 radical (unpaired) electrons. The average molecular weight is 317 g/mol. The van der Waals surface area contributed by atoms with Crippen LogP contribution in [-0.4, -0.2) is 21.1 Å². The summed E-state index contributed by atoms with van der Waals surface area (Å²) < 4.78 is 4.98. The Balaban J connectivity index is 1.84. The van der Waals surface area contributed by atoms with Crippen LogP contribution in [0, 0.1) is 24.0 Å². The Bertz CT molecular complexity index is 883. The standard InChI is InChI=1S/C13H11N5O3S/c1-7-8(2)22-13-11(7)12(14-6-15-13)17-16-5-9-3-4-10(21-9)18(19)20/h3-6H,1-2H3,(H,14,15,17). The Morgan fingerprint density at radius 2 is 2.23 bits per heavy atom. The monoisotopic (exact) mass is 317 g/mol. The lowest BCUT2D eigenvalue weighted by atomic mass is 10.2. The Kier molecular flexibility index (Phi) is 3.55. The lowest BCUT2D eigenvalue weighted by Gasteiger charge is -2.01. The number of nitro groups is 1. The van der Waals surface area contributed by atoms with Crippen molar-refractivity contribution in [1.29, 1.82) is 0 Å². The molecule has 9 heteroatoms. The summed E-state index contributed by atoms with van der Waals surface area (Å²) in [5, 5.41) is 15.5. The van der Waals surface area contributed by atoms with E-state index in [2.05, 4.69) is 20.5 Å². The molecule has 3 rings (SSSR count). The first kappa shape index (κ1) is 14.1. The molecule has 0 aliphatic heterocycles. The fourth-order valence-corrected chi connectivity index (χ4v) is 2.93. The summed E-state index contributed by atoms with van der Waals surface area (Å²) in [5.41, 5.74) is 3.93.